The van der Waals surface area contributed by atoms with Crippen LogP contribution in [0, 0.1) is 18.3 Å². The lowest BCUT2D eigenvalue weighted by atomic mass is 10.2. The Balaban J connectivity index is 2.82. The quantitative estimate of drug-likeness (QED) is 0.751. The minimum Gasteiger partial charge on any atom is -0.396 e. The van der Waals surface area contributed by atoms with Gasteiger partial charge in [0.15, 0.2) is 0 Å². The van der Waals surface area contributed by atoms with Crippen LogP contribution in [0.3, 0.4) is 0 Å². The summed E-state index contributed by atoms with van der Waals surface area (Å²) in [6.07, 6.45) is 1.15. The number of aliphatic hydroxyl groups excluding tert-OH is 1. The average Bonchev–Trinajstić information content (AvgIpc) is 2.34. The van der Waals surface area contributed by atoms with Crippen molar-refractivity contribution in [1.29, 1.82) is 5.26 Å². The first-order valence-corrected chi connectivity index (χ1v) is 7.11. The van der Waals surface area contributed by atoms with E-state index in [1.54, 1.807) is 13.0 Å². The molecule has 0 heterocycles. The Morgan fingerprint density at radius 2 is 2.11 bits per heavy atom. The van der Waals surface area contributed by atoms with E-state index in [2.05, 4.69) is 4.72 Å². The number of unbranched alkanes of at least 4 members (excludes halogenated alkanes) is 1. The fourth-order valence-corrected chi connectivity index (χ4v) is 2.84. The molecule has 0 radical (unpaired) electrons. The van der Waals surface area contributed by atoms with E-state index in [4.69, 9.17) is 10.4 Å². The monoisotopic (exact) mass is 268 g/mol. The topological polar surface area (TPSA) is 90.2 Å². The fraction of sp³-hybridized carbons (Fsp3) is 0.417. The van der Waals surface area contributed by atoms with Gasteiger partial charge >= 0.3 is 0 Å². The van der Waals surface area contributed by atoms with Gasteiger partial charge in [0.05, 0.1) is 16.5 Å². The Hall–Kier alpha value is -1.42. The molecule has 1 rings (SSSR count). The zero-order chi connectivity index (χ0) is 13.6. The van der Waals surface area contributed by atoms with Crippen molar-refractivity contribution in [3.05, 3.63) is 29.3 Å². The lowest BCUT2D eigenvalue weighted by Crippen LogP contribution is -2.25. The number of nitrogens with zero attached hydrogens (tertiary/aromatic N) is 1. The molecule has 0 aromatic heterocycles. The molecule has 0 bridgehead atoms. The number of rotatable bonds is 6. The number of sulfonamides is 1. The molecule has 0 aliphatic rings. The molecule has 0 aliphatic carbocycles. The van der Waals surface area contributed by atoms with Gasteiger partial charge in [-0.05, 0) is 43.5 Å². The number of benzene rings is 1. The van der Waals surface area contributed by atoms with Gasteiger partial charge in [0.25, 0.3) is 0 Å². The van der Waals surface area contributed by atoms with Gasteiger partial charge in [-0.1, -0.05) is 0 Å². The summed E-state index contributed by atoms with van der Waals surface area (Å²) in [4.78, 5) is 0.186. The van der Waals surface area contributed by atoms with Crippen molar-refractivity contribution in [2.45, 2.75) is 24.7 Å². The normalized spacial score (nSPS) is 11.2. The minimum absolute atomic E-state index is 0.0532. The molecule has 1 aromatic carbocycles. The van der Waals surface area contributed by atoms with Crippen LogP contribution >= 0.6 is 0 Å². The van der Waals surface area contributed by atoms with Crippen LogP contribution in [0.25, 0.3) is 0 Å². The number of aryl methyl sites for hydroxylation is 1. The Bertz CT molecular complexity index is 547. The predicted octanol–water partition coefficient (Wildman–Crippen LogP) is 0.917. The third-order valence-electron chi connectivity index (χ3n) is 2.47. The summed E-state index contributed by atoms with van der Waals surface area (Å²) >= 11 is 0. The molecule has 0 unspecified atom stereocenters. The zero-order valence-corrected chi connectivity index (χ0v) is 11.0. The molecule has 0 saturated heterocycles. The molecule has 0 spiro atoms. The van der Waals surface area contributed by atoms with Gasteiger partial charge in [-0.25, -0.2) is 13.1 Å². The number of aliphatic hydroxyl groups is 1. The predicted molar refractivity (Wildman–Crippen MR) is 67.4 cm³/mol. The summed E-state index contributed by atoms with van der Waals surface area (Å²) in [7, 11) is -3.54. The van der Waals surface area contributed by atoms with Crippen molar-refractivity contribution in [3.8, 4) is 6.07 Å². The summed E-state index contributed by atoms with van der Waals surface area (Å²) < 4.78 is 26.4. The van der Waals surface area contributed by atoms with Gasteiger partial charge in [0, 0.05) is 13.2 Å². The van der Waals surface area contributed by atoms with Crippen LogP contribution in [-0.2, 0) is 10.0 Å². The van der Waals surface area contributed by atoms with E-state index < -0.39 is 10.0 Å². The molecule has 98 valence electrons. The van der Waals surface area contributed by atoms with Crippen molar-refractivity contribution >= 4 is 10.0 Å². The maximum atomic E-state index is 12.0. The lowest BCUT2D eigenvalue weighted by Gasteiger charge is -2.09. The summed E-state index contributed by atoms with van der Waals surface area (Å²) in [5.41, 5.74) is 0.982. The molecule has 18 heavy (non-hydrogen) atoms. The molecular formula is C12H16N2O3S. The molecule has 0 saturated carbocycles. The molecule has 0 amide bonds. The Kier molecular flexibility index (Phi) is 5.28. The van der Waals surface area contributed by atoms with Crippen molar-refractivity contribution in [2.24, 2.45) is 0 Å². The Morgan fingerprint density at radius 1 is 1.39 bits per heavy atom. The van der Waals surface area contributed by atoms with E-state index in [1.165, 1.54) is 12.1 Å². The summed E-state index contributed by atoms with van der Waals surface area (Å²) in [6.45, 7) is 2.00. The van der Waals surface area contributed by atoms with Gasteiger partial charge in [-0.15, -0.1) is 0 Å². The second kappa shape index (κ2) is 6.50. The summed E-state index contributed by atoms with van der Waals surface area (Å²) in [6, 6.07) is 6.42. The van der Waals surface area contributed by atoms with Crippen LogP contribution in [0.15, 0.2) is 23.1 Å². The highest BCUT2D eigenvalue weighted by Gasteiger charge is 2.16. The first-order valence-electron chi connectivity index (χ1n) is 5.62. The third-order valence-corrected chi connectivity index (χ3v) is 4.09. The second-order valence-electron chi connectivity index (χ2n) is 3.92. The van der Waals surface area contributed by atoms with E-state index in [-0.39, 0.29) is 11.5 Å². The van der Waals surface area contributed by atoms with Crippen molar-refractivity contribution in [2.75, 3.05) is 13.2 Å². The number of nitrogens with one attached hydrogen (secondary N) is 1. The Labute approximate surface area is 107 Å². The highest BCUT2D eigenvalue weighted by atomic mass is 32.2. The highest BCUT2D eigenvalue weighted by molar-refractivity contribution is 7.89. The number of hydrogen-bond donors (Lipinski definition) is 2. The molecule has 0 aliphatic heterocycles. The lowest BCUT2D eigenvalue weighted by molar-refractivity contribution is 0.285. The number of nitriles is 1. The second-order valence-corrected chi connectivity index (χ2v) is 5.66. The fourth-order valence-electron chi connectivity index (χ4n) is 1.54. The smallest absolute Gasteiger partial charge is 0.240 e. The summed E-state index contributed by atoms with van der Waals surface area (Å²) in [5, 5.41) is 17.3. The van der Waals surface area contributed by atoms with E-state index in [0.717, 1.165) is 0 Å². The van der Waals surface area contributed by atoms with E-state index in [0.29, 0.717) is 30.5 Å². The molecule has 1 aromatic rings. The summed E-state index contributed by atoms with van der Waals surface area (Å²) in [5.74, 6) is 0. The molecule has 5 nitrogen and oxygen atoms in total. The standard InChI is InChI=1S/C12H16N2O3S/c1-10-8-11(9-13)4-5-12(10)18(16,17)14-6-2-3-7-15/h4-5,8,14-15H,2-3,6-7H2,1H3. The van der Waals surface area contributed by atoms with Gasteiger partial charge in [-0.3, -0.25) is 0 Å². The van der Waals surface area contributed by atoms with Crippen LogP contribution in [0.4, 0.5) is 0 Å². The van der Waals surface area contributed by atoms with E-state index in [1.807, 2.05) is 6.07 Å². The van der Waals surface area contributed by atoms with Crippen LogP contribution in [0.1, 0.15) is 24.0 Å². The van der Waals surface area contributed by atoms with Crippen molar-refractivity contribution in [3.63, 3.8) is 0 Å². The van der Waals surface area contributed by atoms with Crippen LogP contribution in [0.5, 0.6) is 0 Å². The van der Waals surface area contributed by atoms with Crippen LogP contribution in [0.2, 0.25) is 0 Å². The molecule has 0 fully saturated rings. The van der Waals surface area contributed by atoms with Gasteiger partial charge in [-0.2, -0.15) is 5.26 Å². The number of hydrogen-bond acceptors (Lipinski definition) is 4. The van der Waals surface area contributed by atoms with Gasteiger partial charge < -0.3 is 5.11 Å². The molecule has 2 N–H and O–H groups in total. The van der Waals surface area contributed by atoms with Crippen LogP contribution < -0.4 is 4.72 Å². The zero-order valence-electron chi connectivity index (χ0n) is 10.2. The van der Waals surface area contributed by atoms with Crippen LogP contribution in [-0.4, -0.2) is 26.7 Å². The first-order chi connectivity index (χ1) is 8.51. The van der Waals surface area contributed by atoms with E-state index in [9.17, 15) is 8.42 Å². The SMILES string of the molecule is Cc1cc(C#N)ccc1S(=O)(=O)NCCCCO. The Morgan fingerprint density at radius 3 is 2.67 bits per heavy atom. The maximum Gasteiger partial charge on any atom is 0.240 e. The third kappa shape index (κ3) is 3.81. The molecule has 6 heteroatoms. The highest BCUT2D eigenvalue weighted by Crippen LogP contribution is 2.16. The maximum absolute atomic E-state index is 12.0. The first kappa shape index (κ1) is 14.6. The molecular weight excluding hydrogens is 252 g/mol. The van der Waals surface area contributed by atoms with E-state index >= 15 is 0 Å². The largest absolute Gasteiger partial charge is 0.396 e. The minimum atomic E-state index is -3.54. The van der Waals surface area contributed by atoms with Crippen molar-refractivity contribution < 1.29 is 13.5 Å². The van der Waals surface area contributed by atoms with Gasteiger partial charge in [0.2, 0.25) is 10.0 Å². The van der Waals surface area contributed by atoms with Crippen molar-refractivity contribution in [1.82, 2.24) is 4.72 Å². The average molecular weight is 268 g/mol. The molecule has 0 atom stereocenters. The van der Waals surface area contributed by atoms with Gasteiger partial charge in [0.1, 0.15) is 0 Å².